The maximum absolute atomic E-state index is 12.1. The van der Waals surface area contributed by atoms with Crippen LogP contribution in [0.5, 0.6) is 5.75 Å². The smallest absolute Gasteiger partial charge is 0.331 e. The highest BCUT2D eigenvalue weighted by atomic mass is 16.5. The largest absolute Gasteiger partial charge is 0.495 e. The molecule has 1 heterocycles. The van der Waals surface area contributed by atoms with Crippen molar-refractivity contribution in [1.82, 2.24) is 4.57 Å². The average molecular weight is 382 g/mol. The molecule has 1 aliphatic carbocycles. The zero-order chi connectivity index (χ0) is 20.3. The molecule has 148 valence electrons. The van der Waals surface area contributed by atoms with Crippen molar-refractivity contribution >= 4 is 23.6 Å². The number of aromatic nitrogens is 1. The molecule has 1 aliphatic rings. The molecule has 2 aromatic rings. The summed E-state index contributed by atoms with van der Waals surface area (Å²) in [5, 5.41) is 2.70. The Morgan fingerprint density at radius 2 is 1.96 bits per heavy atom. The summed E-state index contributed by atoms with van der Waals surface area (Å²) in [5.41, 5.74) is 4.87. The van der Waals surface area contributed by atoms with E-state index in [1.165, 1.54) is 31.7 Å². The summed E-state index contributed by atoms with van der Waals surface area (Å²) in [7, 11) is 1.53. The molecule has 0 radical (unpaired) electrons. The minimum Gasteiger partial charge on any atom is -0.495 e. The first-order valence-electron chi connectivity index (χ1n) is 9.36. The second-order valence-corrected chi connectivity index (χ2v) is 7.12. The van der Waals surface area contributed by atoms with E-state index in [1.54, 1.807) is 18.2 Å². The van der Waals surface area contributed by atoms with Crippen LogP contribution in [0.3, 0.4) is 0 Å². The van der Waals surface area contributed by atoms with Crippen LogP contribution < -0.4 is 10.1 Å². The van der Waals surface area contributed by atoms with Gasteiger partial charge in [-0.25, -0.2) is 4.79 Å². The van der Waals surface area contributed by atoms with E-state index in [4.69, 9.17) is 9.47 Å². The van der Waals surface area contributed by atoms with Gasteiger partial charge < -0.3 is 19.4 Å². The molecule has 0 atom stereocenters. The third kappa shape index (κ3) is 4.63. The fourth-order valence-corrected chi connectivity index (χ4v) is 3.31. The number of benzene rings is 1. The van der Waals surface area contributed by atoms with Crippen molar-refractivity contribution in [2.45, 2.75) is 39.7 Å². The van der Waals surface area contributed by atoms with Crippen LogP contribution in [0, 0.1) is 20.8 Å². The van der Waals surface area contributed by atoms with Gasteiger partial charge in [0.25, 0.3) is 5.91 Å². The fraction of sp³-hybridized carbons (Fsp3) is 0.364. The molecule has 3 rings (SSSR count). The molecule has 1 amide bonds. The Balaban J connectivity index is 1.54. The minimum atomic E-state index is -0.553. The first-order valence-corrected chi connectivity index (χ1v) is 9.36. The van der Waals surface area contributed by atoms with Gasteiger partial charge in [0.05, 0.1) is 12.8 Å². The van der Waals surface area contributed by atoms with Gasteiger partial charge in [-0.05, 0) is 69.0 Å². The number of carbonyl (C=O) groups excluding carboxylic acids is 2. The number of rotatable bonds is 7. The van der Waals surface area contributed by atoms with Gasteiger partial charge in [0.2, 0.25) is 0 Å². The molecule has 0 unspecified atom stereocenters. The first-order chi connectivity index (χ1) is 13.4. The van der Waals surface area contributed by atoms with E-state index < -0.39 is 11.9 Å². The van der Waals surface area contributed by atoms with Crippen molar-refractivity contribution in [3.8, 4) is 5.75 Å². The number of aryl methyl sites for hydroxylation is 2. The third-order valence-electron chi connectivity index (χ3n) is 4.81. The summed E-state index contributed by atoms with van der Waals surface area (Å²) in [6.07, 6.45) is 5.52. The fourth-order valence-electron chi connectivity index (χ4n) is 3.31. The molecule has 6 heteroatoms. The highest BCUT2D eigenvalue weighted by molar-refractivity contribution is 5.95. The van der Waals surface area contributed by atoms with Gasteiger partial charge in [-0.2, -0.15) is 0 Å². The molecule has 0 aliphatic heterocycles. The number of carbonyl (C=O) groups is 2. The van der Waals surface area contributed by atoms with Crippen LogP contribution in [-0.2, 0) is 14.3 Å². The van der Waals surface area contributed by atoms with Gasteiger partial charge in [0.15, 0.2) is 6.61 Å². The highest BCUT2D eigenvalue weighted by Gasteiger charge is 2.26. The number of anilines is 1. The van der Waals surface area contributed by atoms with Crippen molar-refractivity contribution in [3.05, 3.63) is 52.9 Å². The third-order valence-corrected chi connectivity index (χ3v) is 4.81. The second-order valence-electron chi connectivity index (χ2n) is 7.12. The quantitative estimate of drug-likeness (QED) is 0.581. The van der Waals surface area contributed by atoms with Crippen LogP contribution in [0.25, 0.3) is 6.08 Å². The molecule has 1 aromatic carbocycles. The number of methoxy groups -OCH3 is 1. The lowest BCUT2D eigenvalue weighted by Gasteiger charge is -2.10. The molecule has 0 bridgehead atoms. The van der Waals surface area contributed by atoms with Gasteiger partial charge in [0.1, 0.15) is 5.75 Å². The van der Waals surface area contributed by atoms with Gasteiger partial charge in [-0.15, -0.1) is 0 Å². The Hall–Kier alpha value is -3.02. The van der Waals surface area contributed by atoms with Crippen LogP contribution in [-0.4, -0.2) is 30.2 Å². The Morgan fingerprint density at radius 3 is 2.64 bits per heavy atom. The SMILES string of the molecule is COc1ccc(C)cc1NC(=O)COC(=O)/C=C/c1cc(C)n(C2CC2)c1C. The highest BCUT2D eigenvalue weighted by Crippen LogP contribution is 2.38. The predicted molar refractivity (Wildman–Crippen MR) is 109 cm³/mol. The predicted octanol–water partition coefficient (Wildman–Crippen LogP) is 3.95. The van der Waals surface area contributed by atoms with Crippen molar-refractivity contribution in [2.24, 2.45) is 0 Å². The molecule has 0 saturated heterocycles. The number of esters is 1. The van der Waals surface area contributed by atoms with Crippen molar-refractivity contribution in [2.75, 3.05) is 19.0 Å². The number of hydrogen-bond acceptors (Lipinski definition) is 4. The van der Waals surface area contributed by atoms with Gasteiger partial charge in [-0.1, -0.05) is 6.07 Å². The van der Waals surface area contributed by atoms with Gasteiger partial charge in [-0.3, -0.25) is 4.79 Å². The normalized spacial score (nSPS) is 13.6. The second kappa shape index (κ2) is 8.33. The number of ether oxygens (including phenoxy) is 2. The topological polar surface area (TPSA) is 69.6 Å². The summed E-state index contributed by atoms with van der Waals surface area (Å²) in [6.45, 7) is 5.69. The standard InChI is InChI=1S/C22H26N2O4/c1-14-5-9-20(27-4)19(11-14)23-21(25)13-28-22(26)10-6-17-12-15(2)24(16(17)3)18-7-8-18/h5-6,9-12,18H,7-8,13H2,1-4H3,(H,23,25)/b10-6+. The van der Waals surface area contributed by atoms with E-state index in [0.717, 1.165) is 16.8 Å². The van der Waals surface area contributed by atoms with E-state index in [2.05, 4.69) is 29.8 Å². The monoisotopic (exact) mass is 382 g/mol. The molecule has 1 fully saturated rings. The number of hydrogen-bond donors (Lipinski definition) is 1. The summed E-state index contributed by atoms with van der Waals surface area (Å²) in [5.74, 6) is -0.420. The number of amides is 1. The molecule has 6 nitrogen and oxygen atoms in total. The Morgan fingerprint density at radius 1 is 1.21 bits per heavy atom. The molecule has 1 aromatic heterocycles. The summed E-state index contributed by atoms with van der Waals surface area (Å²) < 4.78 is 12.6. The summed E-state index contributed by atoms with van der Waals surface area (Å²) in [4.78, 5) is 24.1. The zero-order valence-corrected chi connectivity index (χ0v) is 16.7. The Labute approximate surface area is 165 Å². The average Bonchev–Trinajstić information content (AvgIpc) is 3.44. The lowest BCUT2D eigenvalue weighted by Crippen LogP contribution is -2.20. The van der Waals surface area contributed by atoms with Crippen LogP contribution in [0.15, 0.2) is 30.3 Å². The van der Waals surface area contributed by atoms with E-state index in [-0.39, 0.29) is 6.61 Å². The van der Waals surface area contributed by atoms with E-state index in [0.29, 0.717) is 17.5 Å². The van der Waals surface area contributed by atoms with Gasteiger partial charge in [0, 0.05) is 23.5 Å². The zero-order valence-electron chi connectivity index (χ0n) is 16.7. The maximum atomic E-state index is 12.1. The molecule has 1 N–H and O–H groups in total. The van der Waals surface area contributed by atoms with Gasteiger partial charge >= 0.3 is 5.97 Å². The molecular weight excluding hydrogens is 356 g/mol. The summed E-state index contributed by atoms with van der Waals surface area (Å²) >= 11 is 0. The van der Waals surface area contributed by atoms with Crippen LogP contribution in [0.1, 0.15) is 41.4 Å². The summed E-state index contributed by atoms with van der Waals surface area (Å²) in [6, 6.07) is 8.12. The molecule has 0 spiro atoms. The number of nitrogens with one attached hydrogen (secondary N) is 1. The van der Waals surface area contributed by atoms with Crippen molar-refractivity contribution in [3.63, 3.8) is 0 Å². The lowest BCUT2D eigenvalue weighted by molar-refractivity contribution is -0.142. The van der Waals surface area contributed by atoms with E-state index in [1.807, 2.05) is 13.0 Å². The van der Waals surface area contributed by atoms with E-state index in [9.17, 15) is 9.59 Å². The molecule has 28 heavy (non-hydrogen) atoms. The van der Waals surface area contributed by atoms with E-state index >= 15 is 0 Å². The lowest BCUT2D eigenvalue weighted by atomic mass is 10.2. The number of nitrogens with zero attached hydrogens (tertiary/aromatic N) is 1. The van der Waals surface area contributed by atoms with Crippen molar-refractivity contribution in [1.29, 1.82) is 0 Å². The van der Waals surface area contributed by atoms with Crippen molar-refractivity contribution < 1.29 is 19.1 Å². The van der Waals surface area contributed by atoms with Crippen LogP contribution in [0.2, 0.25) is 0 Å². The Kier molecular flexibility index (Phi) is 5.87. The Bertz CT molecular complexity index is 923. The maximum Gasteiger partial charge on any atom is 0.331 e. The first kappa shape index (κ1) is 19.7. The minimum absolute atomic E-state index is 0.360. The van der Waals surface area contributed by atoms with Crippen LogP contribution >= 0.6 is 0 Å². The van der Waals surface area contributed by atoms with Crippen LogP contribution in [0.4, 0.5) is 5.69 Å². The molecule has 1 saturated carbocycles. The molecular formula is C22H26N2O4.